The molecule has 1 heterocycles. The Hall–Kier alpha value is -1.77. The fourth-order valence-corrected chi connectivity index (χ4v) is 3.27. The summed E-state index contributed by atoms with van der Waals surface area (Å²) < 4.78 is 5.02. The van der Waals surface area contributed by atoms with Crippen molar-refractivity contribution >= 4 is 34.8 Å². The zero-order chi connectivity index (χ0) is 17.6. The summed E-state index contributed by atoms with van der Waals surface area (Å²) in [6, 6.07) is -1.17. The molecule has 0 radical (unpaired) electrons. The highest BCUT2D eigenvalue weighted by Crippen LogP contribution is 2.24. The molecule has 0 saturated carbocycles. The molecule has 130 valence electrons. The van der Waals surface area contributed by atoms with E-state index in [1.807, 2.05) is 6.92 Å². The number of amides is 2. The molecule has 23 heavy (non-hydrogen) atoms. The number of ether oxygens (including phenoxy) is 1. The topological polar surface area (TPSA) is 113 Å². The quantitative estimate of drug-likeness (QED) is 0.733. The van der Waals surface area contributed by atoms with Crippen molar-refractivity contribution in [3.63, 3.8) is 0 Å². The maximum atomic E-state index is 12.3. The first kappa shape index (κ1) is 19.3. The third-order valence-electron chi connectivity index (χ3n) is 3.51. The number of carbonyl (C=O) groups excluding carboxylic acids is 3. The van der Waals surface area contributed by atoms with Crippen LogP contribution in [-0.4, -0.2) is 64.1 Å². The summed E-state index contributed by atoms with van der Waals surface area (Å²) in [5.74, 6) is -1.51. The van der Waals surface area contributed by atoms with E-state index in [1.54, 1.807) is 0 Å². The van der Waals surface area contributed by atoms with Gasteiger partial charge in [-0.3, -0.25) is 9.59 Å². The minimum absolute atomic E-state index is 0.0137. The third-order valence-corrected chi connectivity index (χ3v) is 4.48. The first-order valence-corrected chi connectivity index (χ1v) is 8.22. The first-order chi connectivity index (χ1) is 10.8. The molecule has 0 spiro atoms. The second-order valence-corrected chi connectivity index (χ2v) is 6.93. The molecular formula is C14H22N2O6S. The molecule has 2 unspecified atom stereocenters. The van der Waals surface area contributed by atoms with E-state index in [2.05, 4.69) is 5.32 Å². The van der Waals surface area contributed by atoms with Gasteiger partial charge in [-0.25, -0.2) is 9.59 Å². The summed E-state index contributed by atoms with van der Waals surface area (Å²) in [5, 5.41) is 11.6. The van der Waals surface area contributed by atoms with Crippen molar-refractivity contribution in [3.05, 3.63) is 0 Å². The van der Waals surface area contributed by atoms with Crippen LogP contribution in [0.3, 0.4) is 0 Å². The largest absolute Gasteiger partial charge is 0.480 e. The van der Waals surface area contributed by atoms with Gasteiger partial charge in [0.2, 0.25) is 5.91 Å². The molecule has 2 amide bonds. The van der Waals surface area contributed by atoms with E-state index in [-0.39, 0.29) is 35.7 Å². The lowest BCUT2D eigenvalue weighted by Crippen LogP contribution is -2.47. The number of hydrogen-bond acceptors (Lipinski definition) is 6. The molecule has 0 aromatic carbocycles. The zero-order valence-corrected chi connectivity index (χ0v) is 14.2. The summed E-state index contributed by atoms with van der Waals surface area (Å²) in [5.41, 5.74) is 0. The second kappa shape index (κ2) is 8.76. The van der Waals surface area contributed by atoms with Crippen molar-refractivity contribution in [1.82, 2.24) is 10.2 Å². The van der Waals surface area contributed by atoms with Crippen LogP contribution in [0, 0.1) is 0 Å². The van der Waals surface area contributed by atoms with Gasteiger partial charge in [0.15, 0.2) is 11.2 Å². The maximum Gasteiger partial charge on any atom is 0.407 e. The van der Waals surface area contributed by atoms with Crippen molar-refractivity contribution in [2.24, 2.45) is 0 Å². The number of rotatable bonds is 6. The molecule has 1 saturated heterocycles. The van der Waals surface area contributed by atoms with Gasteiger partial charge in [0.1, 0.15) is 6.10 Å². The van der Waals surface area contributed by atoms with Gasteiger partial charge in [0.25, 0.3) is 0 Å². The highest BCUT2D eigenvalue weighted by atomic mass is 32.2. The van der Waals surface area contributed by atoms with E-state index in [0.29, 0.717) is 6.42 Å². The Morgan fingerprint density at radius 3 is 2.57 bits per heavy atom. The molecule has 2 N–H and O–H groups in total. The number of thioether (sulfide) groups is 1. The molecule has 0 aromatic heterocycles. The number of hydrogen-bond donors (Lipinski definition) is 2. The minimum atomic E-state index is -1.20. The summed E-state index contributed by atoms with van der Waals surface area (Å²) in [6.07, 6.45) is -0.666. The number of alkyl carbamates (subject to hydrolysis) is 1. The third kappa shape index (κ3) is 5.74. The number of nitrogens with one attached hydrogen (secondary N) is 1. The Balaban J connectivity index is 2.63. The van der Waals surface area contributed by atoms with Gasteiger partial charge >= 0.3 is 12.1 Å². The molecule has 9 heteroatoms. The van der Waals surface area contributed by atoms with Gasteiger partial charge in [-0.15, -0.1) is 0 Å². The van der Waals surface area contributed by atoms with Crippen LogP contribution in [0.5, 0.6) is 0 Å². The molecule has 1 aliphatic heterocycles. The maximum absolute atomic E-state index is 12.3. The SMILES string of the molecule is CNC(=O)OC1CCN(C(=O)CCC(C)SC(C)=O)[C@@H]1C(=O)O. The van der Waals surface area contributed by atoms with E-state index in [0.717, 1.165) is 11.8 Å². The second-order valence-electron chi connectivity index (χ2n) is 5.31. The average molecular weight is 346 g/mol. The van der Waals surface area contributed by atoms with Crippen molar-refractivity contribution in [2.75, 3.05) is 13.6 Å². The molecule has 0 bridgehead atoms. The monoisotopic (exact) mass is 346 g/mol. The molecule has 1 fully saturated rings. The lowest BCUT2D eigenvalue weighted by atomic mass is 10.1. The van der Waals surface area contributed by atoms with Gasteiger partial charge in [0.05, 0.1) is 0 Å². The fourth-order valence-electron chi connectivity index (χ4n) is 2.47. The minimum Gasteiger partial charge on any atom is -0.480 e. The molecule has 3 atom stereocenters. The lowest BCUT2D eigenvalue weighted by molar-refractivity contribution is -0.151. The fraction of sp³-hybridized carbons (Fsp3) is 0.714. The van der Waals surface area contributed by atoms with Gasteiger partial charge < -0.3 is 20.1 Å². The number of carboxylic acid groups (broad SMARTS) is 1. The van der Waals surface area contributed by atoms with E-state index < -0.39 is 24.2 Å². The molecule has 0 aliphatic carbocycles. The lowest BCUT2D eigenvalue weighted by Gasteiger charge is -2.24. The number of carbonyl (C=O) groups is 4. The Kier molecular flexibility index (Phi) is 7.34. The average Bonchev–Trinajstić information content (AvgIpc) is 2.87. The Labute approximate surface area is 138 Å². The Morgan fingerprint density at radius 2 is 2.04 bits per heavy atom. The first-order valence-electron chi connectivity index (χ1n) is 7.34. The van der Waals surface area contributed by atoms with Gasteiger partial charge in [-0.05, 0) is 6.42 Å². The smallest absolute Gasteiger partial charge is 0.407 e. The number of carboxylic acids is 1. The molecule has 1 rings (SSSR count). The molecular weight excluding hydrogens is 324 g/mol. The standard InChI is InChI=1S/C14H22N2O6S/c1-8(23-9(2)17)4-5-11(18)16-7-6-10(12(16)13(19)20)22-14(21)15-3/h8,10,12H,4-7H2,1-3H3,(H,15,21)(H,19,20)/t8?,10?,12-/m0/s1. The normalized spacial score (nSPS) is 21.6. The van der Waals surface area contributed by atoms with Crippen LogP contribution in [0.1, 0.15) is 33.1 Å². The van der Waals surface area contributed by atoms with Crippen LogP contribution in [0.4, 0.5) is 4.79 Å². The van der Waals surface area contributed by atoms with Crippen LogP contribution < -0.4 is 5.32 Å². The summed E-state index contributed by atoms with van der Waals surface area (Å²) in [6.45, 7) is 3.53. The van der Waals surface area contributed by atoms with E-state index in [9.17, 15) is 24.3 Å². The van der Waals surface area contributed by atoms with Crippen molar-refractivity contribution in [1.29, 1.82) is 0 Å². The predicted molar refractivity (Wildman–Crippen MR) is 84.1 cm³/mol. The number of aliphatic carboxylic acids is 1. The number of nitrogens with zero attached hydrogens (tertiary/aromatic N) is 1. The molecule has 0 aromatic rings. The van der Waals surface area contributed by atoms with E-state index in [1.165, 1.54) is 18.9 Å². The molecule has 8 nitrogen and oxygen atoms in total. The van der Waals surface area contributed by atoms with Crippen molar-refractivity contribution < 1.29 is 29.0 Å². The van der Waals surface area contributed by atoms with Crippen molar-refractivity contribution in [3.8, 4) is 0 Å². The predicted octanol–water partition coefficient (Wildman–Crippen LogP) is 0.845. The summed E-state index contributed by atoms with van der Waals surface area (Å²) in [7, 11) is 1.38. The van der Waals surface area contributed by atoms with Crippen LogP contribution >= 0.6 is 11.8 Å². The highest BCUT2D eigenvalue weighted by molar-refractivity contribution is 8.14. The van der Waals surface area contributed by atoms with Crippen LogP contribution in [0.15, 0.2) is 0 Å². The van der Waals surface area contributed by atoms with Gasteiger partial charge in [0, 0.05) is 38.6 Å². The summed E-state index contributed by atoms with van der Waals surface area (Å²) >= 11 is 1.15. The summed E-state index contributed by atoms with van der Waals surface area (Å²) in [4.78, 5) is 47.2. The van der Waals surface area contributed by atoms with E-state index in [4.69, 9.17) is 4.74 Å². The van der Waals surface area contributed by atoms with E-state index >= 15 is 0 Å². The Bertz CT molecular complexity index is 484. The zero-order valence-electron chi connectivity index (χ0n) is 13.4. The molecule has 1 aliphatic rings. The van der Waals surface area contributed by atoms with Crippen LogP contribution in [0.2, 0.25) is 0 Å². The van der Waals surface area contributed by atoms with Crippen LogP contribution in [-0.2, 0) is 19.1 Å². The van der Waals surface area contributed by atoms with Crippen LogP contribution in [0.25, 0.3) is 0 Å². The van der Waals surface area contributed by atoms with Crippen molar-refractivity contribution in [2.45, 2.75) is 50.5 Å². The van der Waals surface area contributed by atoms with Gasteiger partial charge in [-0.2, -0.15) is 0 Å². The Morgan fingerprint density at radius 1 is 1.39 bits per heavy atom. The van der Waals surface area contributed by atoms with Gasteiger partial charge in [-0.1, -0.05) is 18.7 Å². The highest BCUT2D eigenvalue weighted by Gasteiger charge is 2.44. The number of likely N-dealkylation sites (tertiary alicyclic amines) is 1.